The van der Waals surface area contributed by atoms with Gasteiger partial charge in [-0.25, -0.2) is 0 Å². The van der Waals surface area contributed by atoms with Gasteiger partial charge in [-0.2, -0.15) is 0 Å². The first kappa shape index (κ1) is 10.4. The third kappa shape index (κ3) is 1.37. The molecule has 0 aliphatic carbocycles. The summed E-state index contributed by atoms with van der Waals surface area (Å²) in [5.41, 5.74) is -0.000880. The first-order valence-electron chi connectivity index (χ1n) is 4.54. The highest BCUT2D eigenvalue weighted by molar-refractivity contribution is 5.88. The average molecular weight is 222 g/mol. The van der Waals surface area contributed by atoms with Gasteiger partial charge in [-0.05, 0) is 0 Å². The Kier molecular flexibility index (Phi) is 2.44. The Bertz CT molecular complexity index is 585. The van der Waals surface area contributed by atoms with Crippen molar-refractivity contribution < 1.29 is 19.0 Å². The number of ether oxygens (including phenoxy) is 2. The lowest BCUT2D eigenvalue weighted by Gasteiger charge is -2.10. The summed E-state index contributed by atoms with van der Waals surface area (Å²) in [6.45, 7) is 0. The van der Waals surface area contributed by atoms with Gasteiger partial charge in [0.05, 0.1) is 20.5 Å². The van der Waals surface area contributed by atoms with E-state index in [1.165, 1.54) is 32.6 Å². The summed E-state index contributed by atoms with van der Waals surface area (Å²) >= 11 is 0. The van der Waals surface area contributed by atoms with E-state index in [2.05, 4.69) is 0 Å². The van der Waals surface area contributed by atoms with Crippen molar-refractivity contribution in [1.82, 2.24) is 0 Å². The van der Waals surface area contributed by atoms with Crippen molar-refractivity contribution >= 4 is 11.0 Å². The molecule has 0 fully saturated rings. The second-order valence-corrected chi connectivity index (χ2v) is 3.12. The molecule has 1 heterocycles. The number of hydrogen-bond donors (Lipinski definition) is 1. The van der Waals surface area contributed by atoms with E-state index in [1.54, 1.807) is 0 Å². The number of fused-ring (bicyclic) bond motifs is 1. The summed E-state index contributed by atoms with van der Waals surface area (Å²) in [5, 5.41) is 9.89. The zero-order chi connectivity index (χ0) is 11.7. The Morgan fingerprint density at radius 3 is 2.56 bits per heavy atom. The van der Waals surface area contributed by atoms with Gasteiger partial charge in [0.15, 0.2) is 16.9 Å². The largest absolute Gasteiger partial charge is 0.504 e. The lowest BCUT2D eigenvalue weighted by Crippen LogP contribution is -2.02. The van der Waals surface area contributed by atoms with Gasteiger partial charge < -0.3 is 19.0 Å². The Hall–Kier alpha value is -2.17. The second-order valence-electron chi connectivity index (χ2n) is 3.12. The van der Waals surface area contributed by atoms with Crippen molar-refractivity contribution in [2.24, 2.45) is 0 Å². The third-order valence-corrected chi connectivity index (χ3v) is 2.25. The monoisotopic (exact) mass is 222 g/mol. The first-order valence-corrected chi connectivity index (χ1v) is 4.54. The highest BCUT2D eigenvalue weighted by Gasteiger charge is 2.17. The topological polar surface area (TPSA) is 68.9 Å². The SMILES string of the molecule is COc1c(O)cc2occc(=O)c2c1OC. The molecule has 84 valence electrons. The molecule has 0 unspecified atom stereocenters. The molecule has 0 aliphatic heterocycles. The van der Waals surface area contributed by atoms with E-state index in [0.717, 1.165) is 0 Å². The number of phenolic OH excluding ortho intramolecular Hbond substituents is 1. The summed E-state index contributed by atoms with van der Waals surface area (Å²) in [6.07, 6.45) is 1.26. The van der Waals surface area contributed by atoms with Gasteiger partial charge in [0.1, 0.15) is 11.0 Å². The maximum atomic E-state index is 11.7. The number of benzene rings is 1. The normalized spacial score (nSPS) is 10.4. The van der Waals surface area contributed by atoms with Gasteiger partial charge in [0.2, 0.25) is 5.75 Å². The van der Waals surface area contributed by atoms with E-state index in [0.29, 0.717) is 0 Å². The minimum Gasteiger partial charge on any atom is -0.504 e. The zero-order valence-electron chi connectivity index (χ0n) is 8.81. The molecule has 0 spiro atoms. The van der Waals surface area contributed by atoms with Crippen molar-refractivity contribution in [1.29, 1.82) is 0 Å². The molecule has 0 atom stereocenters. The average Bonchev–Trinajstić information content (AvgIpc) is 2.27. The third-order valence-electron chi connectivity index (χ3n) is 2.25. The number of rotatable bonds is 2. The standard InChI is InChI=1S/C11H10O5/c1-14-10-7(13)5-8-9(11(10)15-2)6(12)3-4-16-8/h3-5,13H,1-2H3. The lowest BCUT2D eigenvalue weighted by molar-refractivity contribution is 0.335. The summed E-state index contributed by atoms with van der Waals surface area (Å²) in [4.78, 5) is 11.7. The van der Waals surface area contributed by atoms with E-state index >= 15 is 0 Å². The van der Waals surface area contributed by atoms with Gasteiger partial charge in [-0.15, -0.1) is 0 Å². The van der Waals surface area contributed by atoms with Gasteiger partial charge in [0.25, 0.3) is 0 Å². The van der Waals surface area contributed by atoms with Gasteiger partial charge in [-0.3, -0.25) is 4.79 Å². The fourth-order valence-electron chi connectivity index (χ4n) is 1.57. The maximum Gasteiger partial charge on any atom is 0.204 e. The molecule has 5 nitrogen and oxygen atoms in total. The summed E-state index contributed by atoms with van der Waals surface area (Å²) in [6, 6.07) is 2.60. The summed E-state index contributed by atoms with van der Waals surface area (Å²) in [7, 11) is 2.77. The first-order chi connectivity index (χ1) is 7.69. The van der Waals surface area contributed by atoms with E-state index in [9.17, 15) is 9.90 Å². The van der Waals surface area contributed by atoms with E-state index in [1.807, 2.05) is 0 Å². The van der Waals surface area contributed by atoms with Gasteiger partial charge >= 0.3 is 0 Å². The van der Waals surface area contributed by atoms with Gasteiger partial charge in [0, 0.05) is 12.1 Å². The van der Waals surface area contributed by atoms with Crippen LogP contribution in [0.15, 0.2) is 27.6 Å². The van der Waals surface area contributed by atoms with Crippen molar-refractivity contribution in [3.63, 3.8) is 0 Å². The highest BCUT2D eigenvalue weighted by Crippen LogP contribution is 2.41. The van der Waals surface area contributed by atoms with Crippen LogP contribution in [0.25, 0.3) is 11.0 Å². The van der Waals surface area contributed by atoms with Crippen LogP contribution in [0.2, 0.25) is 0 Å². The lowest BCUT2D eigenvalue weighted by atomic mass is 10.2. The highest BCUT2D eigenvalue weighted by atomic mass is 16.5. The molecule has 2 rings (SSSR count). The molecule has 1 aromatic heterocycles. The fourth-order valence-corrected chi connectivity index (χ4v) is 1.57. The van der Waals surface area contributed by atoms with Crippen LogP contribution >= 0.6 is 0 Å². The summed E-state index contributed by atoms with van der Waals surface area (Å²) < 4.78 is 15.2. The quantitative estimate of drug-likeness (QED) is 0.834. The van der Waals surface area contributed by atoms with Crippen LogP contribution in [0, 0.1) is 0 Å². The van der Waals surface area contributed by atoms with Crippen LogP contribution < -0.4 is 14.9 Å². The molecule has 0 saturated heterocycles. The van der Waals surface area contributed by atoms with Crippen LogP contribution in [0.4, 0.5) is 0 Å². The van der Waals surface area contributed by atoms with Crippen LogP contribution in [0.1, 0.15) is 0 Å². The molecule has 0 aliphatic rings. The number of hydrogen-bond acceptors (Lipinski definition) is 5. The molecule has 1 N–H and O–H groups in total. The molecule has 0 bridgehead atoms. The van der Waals surface area contributed by atoms with Crippen LogP contribution in [-0.2, 0) is 0 Å². The number of aromatic hydroxyl groups is 1. The maximum absolute atomic E-state index is 11.7. The van der Waals surface area contributed by atoms with Gasteiger partial charge in [-0.1, -0.05) is 0 Å². The van der Waals surface area contributed by atoms with Crippen molar-refractivity contribution in [3.8, 4) is 17.2 Å². The molecule has 0 saturated carbocycles. The van der Waals surface area contributed by atoms with Crippen LogP contribution in [-0.4, -0.2) is 19.3 Å². The minimum absolute atomic E-state index is 0.119. The molecule has 5 heteroatoms. The fraction of sp³-hybridized carbons (Fsp3) is 0.182. The molecular weight excluding hydrogens is 212 g/mol. The zero-order valence-corrected chi connectivity index (χ0v) is 8.81. The summed E-state index contributed by atoms with van der Waals surface area (Å²) in [5.74, 6) is 0.154. The van der Waals surface area contributed by atoms with Crippen LogP contribution in [0.5, 0.6) is 17.2 Å². The second kappa shape index (κ2) is 3.77. The molecule has 16 heavy (non-hydrogen) atoms. The Morgan fingerprint density at radius 2 is 1.94 bits per heavy atom. The Balaban J connectivity index is 2.98. The number of phenols is 1. The smallest absolute Gasteiger partial charge is 0.204 e. The van der Waals surface area contributed by atoms with Crippen LogP contribution in [0.3, 0.4) is 0 Å². The Labute approximate surface area is 90.8 Å². The molecule has 2 aromatic rings. The van der Waals surface area contributed by atoms with E-state index < -0.39 is 0 Å². The predicted octanol–water partition coefficient (Wildman–Crippen LogP) is 1.52. The van der Waals surface area contributed by atoms with Crippen molar-refractivity contribution in [2.45, 2.75) is 0 Å². The molecule has 0 radical (unpaired) electrons. The van der Waals surface area contributed by atoms with E-state index in [-0.39, 0.29) is 33.6 Å². The molecule has 0 amide bonds. The minimum atomic E-state index is -0.253. The number of methoxy groups -OCH3 is 2. The molecule has 1 aromatic carbocycles. The van der Waals surface area contributed by atoms with E-state index in [4.69, 9.17) is 13.9 Å². The predicted molar refractivity (Wildman–Crippen MR) is 57.3 cm³/mol. The van der Waals surface area contributed by atoms with Crippen molar-refractivity contribution in [3.05, 3.63) is 28.6 Å². The van der Waals surface area contributed by atoms with Crippen molar-refractivity contribution in [2.75, 3.05) is 14.2 Å². The molecular formula is C11H10O5. The Morgan fingerprint density at radius 1 is 1.25 bits per heavy atom.